The summed E-state index contributed by atoms with van der Waals surface area (Å²) in [6.07, 6.45) is 2.55. The van der Waals surface area contributed by atoms with E-state index in [1.54, 1.807) is 12.1 Å². The smallest absolute Gasteiger partial charge is 0.320 e. The number of hydrogen-bond donors (Lipinski definition) is 2. The molecule has 0 bridgehead atoms. The van der Waals surface area contributed by atoms with Crippen LogP contribution in [0.3, 0.4) is 0 Å². The maximum absolute atomic E-state index is 13.1. The van der Waals surface area contributed by atoms with Gasteiger partial charge in [0.1, 0.15) is 0 Å². The number of aliphatic carboxylic acids is 1. The number of allylic oxidation sites excluding steroid dienone is 2. The number of carbonyl (C=O) groups excluding carboxylic acids is 1. The van der Waals surface area contributed by atoms with Crippen LogP contribution < -0.4 is 5.32 Å². The Hall–Kier alpha value is -2.59. The molecule has 0 spiro atoms. The average Bonchev–Trinajstić information content (AvgIpc) is 2.67. The Balaban J connectivity index is 1.94. The van der Waals surface area contributed by atoms with E-state index in [-0.39, 0.29) is 6.42 Å². The van der Waals surface area contributed by atoms with E-state index in [4.69, 9.17) is 11.6 Å². The first kappa shape index (κ1) is 19.2. The molecule has 0 unspecified atom stereocenters. The standard InChI is InChI=1S/C22H22ClNO3/c1-15-11-12-22(21(26)27,19(13-15)17-7-9-18(23)10-8-17)20(25)24-14-16-5-3-2-4-6-16/h2-11,19H,12-14H2,1H3,(H,24,25)(H,26,27)/t19-,22+/m1/s1. The molecule has 27 heavy (non-hydrogen) atoms. The van der Waals surface area contributed by atoms with Crippen molar-refractivity contribution in [3.8, 4) is 0 Å². The molecule has 2 aromatic carbocycles. The van der Waals surface area contributed by atoms with Gasteiger partial charge in [-0.25, -0.2) is 0 Å². The van der Waals surface area contributed by atoms with E-state index >= 15 is 0 Å². The van der Waals surface area contributed by atoms with Gasteiger partial charge in [0, 0.05) is 17.5 Å². The van der Waals surface area contributed by atoms with Gasteiger partial charge in [-0.15, -0.1) is 0 Å². The molecule has 0 saturated carbocycles. The molecule has 4 nitrogen and oxygen atoms in total. The van der Waals surface area contributed by atoms with Gasteiger partial charge in [0.15, 0.2) is 5.41 Å². The number of carbonyl (C=O) groups is 2. The minimum Gasteiger partial charge on any atom is -0.480 e. The van der Waals surface area contributed by atoms with Crippen LogP contribution in [0, 0.1) is 5.41 Å². The lowest BCUT2D eigenvalue weighted by Gasteiger charge is -2.39. The maximum Gasteiger partial charge on any atom is 0.320 e. The highest BCUT2D eigenvalue weighted by Gasteiger charge is 2.53. The summed E-state index contributed by atoms with van der Waals surface area (Å²) in [6.45, 7) is 2.27. The zero-order valence-corrected chi connectivity index (χ0v) is 15.9. The summed E-state index contributed by atoms with van der Waals surface area (Å²) in [5, 5.41) is 13.5. The molecule has 0 aromatic heterocycles. The predicted molar refractivity (Wildman–Crippen MR) is 106 cm³/mol. The minimum absolute atomic E-state index is 0.169. The Morgan fingerprint density at radius 1 is 1.15 bits per heavy atom. The summed E-state index contributed by atoms with van der Waals surface area (Å²) in [5.74, 6) is -2.01. The maximum atomic E-state index is 13.1. The molecular formula is C22H22ClNO3. The quantitative estimate of drug-likeness (QED) is 0.588. The normalized spacial score (nSPS) is 22.0. The molecule has 2 N–H and O–H groups in total. The first-order chi connectivity index (χ1) is 12.9. The van der Waals surface area contributed by atoms with E-state index in [2.05, 4.69) is 5.32 Å². The van der Waals surface area contributed by atoms with E-state index in [1.165, 1.54) is 0 Å². The Bertz CT molecular complexity index is 861. The minimum atomic E-state index is -1.54. The number of amides is 1. The van der Waals surface area contributed by atoms with Crippen LogP contribution in [0.25, 0.3) is 0 Å². The summed E-state index contributed by atoms with van der Waals surface area (Å²) in [4.78, 5) is 25.5. The summed E-state index contributed by atoms with van der Waals surface area (Å²) < 4.78 is 0. The summed E-state index contributed by atoms with van der Waals surface area (Å²) in [5.41, 5.74) is 1.28. The molecule has 140 valence electrons. The highest BCUT2D eigenvalue weighted by Crippen LogP contribution is 2.47. The van der Waals surface area contributed by atoms with Crippen molar-refractivity contribution < 1.29 is 14.7 Å². The van der Waals surface area contributed by atoms with Gasteiger partial charge in [0.05, 0.1) is 0 Å². The van der Waals surface area contributed by atoms with Crippen LogP contribution in [0.1, 0.15) is 36.8 Å². The average molecular weight is 384 g/mol. The van der Waals surface area contributed by atoms with Crippen LogP contribution in [-0.2, 0) is 16.1 Å². The number of hydrogen-bond acceptors (Lipinski definition) is 2. The van der Waals surface area contributed by atoms with E-state index in [0.29, 0.717) is 18.0 Å². The molecule has 1 aliphatic rings. The number of nitrogens with one attached hydrogen (secondary N) is 1. The van der Waals surface area contributed by atoms with Crippen molar-refractivity contribution in [1.82, 2.24) is 5.32 Å². The second kappa shape index (κ2) is 7.97. The van der Waals surface area contributed by atoms with Crippen LogP contribution in [0.15, 0.2) is 66.2 Å². The number of carboxylic acid groups (broad SMARTS) is 1. The fraction of sp³-hybridized carbons (Fsp3) is 0.273. The zero-order valence-electron chi connectivity index (χ0n) is 15.1. The molecule has 0 saturated heterocycles. The Kier molecular flexibility index (Phi) is 5.66. The third-order valence-corrected chi connectivity index (χ3v) is 5.50. The van der Waals surface area contributed by atoms with Crippen LogP contribution in [0.5, 0.6) is 0 Å². The lowest BCUT2D eigenvalue weighted by atomic mass is 9.63. The van der Waals surface area contributed by atoms with Crippen molar-refractivity contribution in [3.05, 3.63) is 82.4 Å². The van der Waals surface area contributed by atoms with Crippen LogP contribution >= 0.6 is 11.6 Å². The first-order valence-corrected chi connectivity index (χ1v) is 9.28. The molecule has 1 aliphatic carbocycles. The largest absolute Gasteiger partial charge is 0.480 e. The summed E-state index contributed by atoms with van der Waals surface area (Å²) in [6, 6.07) is 16.6. The highest BCUT2D eigenvalue weighted by atomic mass is 35.5. The van der Waals surface area contributed by atoms with Gasteiger partial charge in [0.2, 0.25) is 5.91 Å². The van der Waals surface area contributed by atoms with Crippen molar-refractivity contribution in [2.24, 2.45) is 5.41 Å². The van der Waals surface area contributed by atoms with Crippen molar-refractivity contribution in [2.75, 3.05) is 0 Å². The number of halogens is 1. The first-order valence-electron chi connectivity index (χ1n) is 8.90. The SMILES string of the molecule is CC1=CC[C@@](C(=O)O)(C(=O)NCc2ccccc2)[C@@H](c2ccc(Cl)cc2)C1. The van der Waals surface area contributed by atoms with E-state index < -0.39 is 23.2 Å². The predicted octanol–water partition coefficient (Wildman–Crippen LogP) is 4.55. The molecular weight excluding hydrogens is 362 g/mol. The fourth-order valence-electron chi connectivity index (χ4n) is 3.67. The van der Waals surface area contributed by atoms with E-state index in [9.17, 15) is 14.7 Å². The molecule has 5 heteroatoms. The van der Waals surface area contributed by atoms with E-state index in [1.807, 2.05) is 55.5 Å². The Labute approximate surface area is 163 Å². The Morgan fingerprint density at radius 3 is 2.44 bits per heavy atom. The number of benzene rings is 2. The van der Waals surface area contributed by atoms with Gasteiger partial charge in [-0.2, -0.15) is 0 Å². The lowest BCUT2D eigenvalue weighted by molar-refractivity contribution is -0.158. The highest BCUT2D eigenvalue weighted by molar-refractivity contribution is 6.30. The van der Waals surface area contributed by atoms with Crippen LogP contribution in [-0.4, -0.2) is 17.0 Å². The Morgan fingerprint density at radius 2 is 1.81 bits per heavy atom. The monoisotopic (exact) mass is 383 g/mol. The summed E-state index contributed by atoms with van der Waals surface area (Å²) in [7, 11) is 0. The third kappa shape index (κ3) is 3.91. The van der Waals surface area contributed by atoms with Gasteiger partial charge in [-0.1, -0.05) is 65.7 Å². The van der Waals surface area contributed by atoms with Crippen molar-refractivity contribution >= 4 is 23.5 Å². The fourth-order valence-corrected chi connectivity index (χ4v) is 3.80. The zero-order chi connectivity index (χ0) is 19.4. The molecule has 0 heterocycles. The number of rotatable bonds is 5. The van der Waals surface area contributed by atoms with Crippen LogP contribution in [0.4, 0.5) is 0 Å². The van der Waals surface area contributed by atoms with Gasteiger partial charge in [0.25, 0.3) is 0 Å². The number of carboxylic acids is 1. The molecule has 0 fully saturated rings. The lowest BCUT2D eigenvalue weighted by Crippen LogP contribution is -2.51. The van der Waals surface area contributed by atoms with Crippen molar-refractivity contribution in [2.45, 2.75) is 32.2 Å². The molecule has 1 amide bonds. The molecule has 0 aliphatic heterocycles. The van der Waals surface area contributed by atoms with Crippen molar-refractivity contribution in [3.63, 3.8) is 0 Å². The van der Waals surface area contributed by atoms with Crippen molar-refractivity contribution in [1.29, 1.82) is 0 Å². The molecule has 2 atom stereocenters. The van der Waals surface area contributed by atoms with Gasteiger partial charge >= 0.3 is 5.97 Å². The van der Waals surface area contributed by atoms with Gasteiger partial charge in [-0.3, -0.25) is 9.59 Å². The second-order valence-corrected chi connectivity index (χ2v) is 7.44. The second-order valence-electron chi connectivity index (χ2n) is 7.01. The van der Waals surface area contributed by atoms with Crippen LogP contribution in [0.2, 0.25) is 5.02 Å². The molecule has 0 radical (unpaired) electrons. The topological polar surface area (TPSA) is 66.4 Å². The van der Waals surface area contributed by atoms with Gasteiger partial charge in [-0.05, 0) is 43.0 Å². The third-order valence-electron chi connectivity index (χ3n) is 5.25. The summed E-state index contributed by atoms with van der Waals surface area (Å²) >= 11 is 5.99. The molecule has 2 aromatic rings. The van der Waals surface area contributed by atoms with E-state index in [0.717, 1.165) is 16.7 Å². The van der Waals surface area contributed by atoms with Gasteiger partial charge < -0.3 is 10.4 Å². The molecule has 3 rings (SSSR count).